The van der Waals surface area contributed by atoms with E-state index in [9.17, 15) is 43.2 Å². The Bertz CT molecular complexity index is 6040. The average molecular weight is 1940 g/mol. The Hall–Kier alpha value is -14.6. The van der Waals surface area contributed by atoms with Gasteiger partial charge in [-0.2, -0.15) is 0 Å². The van der Waals surface area contributed by atoms with E-state index in [1.54, 1.807) is 204 Å². The molecule has 2 aromatic carbocycles. The molecule has 0 radical (unpaired) electrons. The number of ketones is 1. The number of ether oxygens (including phenoxy) is 8. The van der Waals surface area contributed by atoms with E-state index in [0.29, 0.717) is 98.5 Å². The van der Waals surface area contributed by atoms with Crippen molar-refractivity contribution in [2.75, 3.05) is 51.7 Å². The third kappa shape index (κ3) is 38.0. The summed E-state index contributed by atoms with van der Waals surface area (Å²) in [5, 5.41) is 15.1. The van der Waals surface area contributed by atoms with Gasteiger partial charge in [-0.05, 0) is 207 Å². The number of aromatic nitrogens is 12. The zero-order valence-corrected chi connectivity index (χ0v) is 76.0. The third-order valence-electron chi connectivity index (χ3n) is 16.8. The zero-order valence-electron chi connectivity index (χ0n) is 72.1. The minimum atomic E-state index is -1.31. The second kappa shape index (κ2) is 64.3. The molecule has 0 saturated carbocycles. The number of anilines is 2. The molecule has 137 heavy (non-hydrogen) atoms. The second-order valence-corrected chi connectivity index (χ2v) is 26.1. The van der Waals surface area contributed by atoms with Gasteiger partial charge in [-0.15, -0.1) is 0 Å². The monoisotopic (exact) mass is 1930 g/mol. The molecule has 12 heterocycles. The molecule has 2 amide bonds. The number of halogens is 1. The first-order chi connectivity index (χ1) is 61.1. The van der Waals surface area contributed by atoms with E-state index >= 15 is 0 Å². The largest absolute Gasteiger partial charge is 1.00 e. The molecule has 8 N–H and O–H groups in total. The van der Waals surface area contributed by atoms with Gasteiger partial charge in [0.1, 0.15) is 51.9 Å². The molecule has 40 heteroatoms. The molecular formula is C97H120ClKN16O22. The van der Waals surface area contributed by atoms with E-state index in [-0.39, 0.29) is 165 Å². The molecule has 1 atom stereocenters. The van der Waals surface area contributed by atoms with Crippen molar-refractivity contribution in [3.63, 3.8) is 0 Å². The van der Waals surface area contributed by atoms with Crippen LogP contribution in [0.3, 0.4) is 0 Å². The number of rotatable bonds is 24. The van der Waals surface area contributed by atoms with Crippen LogP contribution in [0.5, 0.6) is 34.5 Å². The minimum absolute atomic E-state index is 0. The smallest absolute Gasteiger partial charge is 0.870 e. The van der Waals surface area contributed by atoms with Crippen LogP contribution in [0.1, 0.15) is 175 Å². The Morgan fingerprint density at radius 1 is 0.445 bits per heavy atom. The van der Waals surface area contributed by atoms with Crippen LogP contribution in [0, 0.1) is 34.6 Å². The Balaban J connectivity index is -0.00000157. The number of methoxy groups -OCH3 is 2. The van der Waals surface area contributed by atoms with E-state index < -0.39 is 64.8 Å². The van der Waals surface area contributed by atoms with Crippen LogP contribution in [-0.4, -0.2) is 176 Å². The van der Waals surface area contributed by atoms with Crippen molar-refractivity contribution < 1.29 is 156 Å². The van der Waals surface area contributed by atoms with E-state index in [1.165, 1.54) is 37.1 Å². The van der Waals surface area contributed by atoms with Crippen molar-refractivity contribution in [2.45, 2.75) is 141 Å². The van der Waals surface area contributed by atoms with Crippen molar-refractivity contribution >= 4 is 97.7 Å². The van der Waals surface area contributed by atoms with Crippen LogP contribution in [0.4, 0.5) is 11.6 Å². The number of carboxylic acids is 1. The first kappa shape index (κ1) is 127. The van der Waals surface area contributed by atoms with Gasteiger partial charge in [0.25, 0.3) is 17.1 Å². The number of nitrogens with one attached hydrogen (secondary N) is 2. The third-order valence-corrected chi connectivity index (χ3v) is 17.0. The molecule has 0 spiro atoms. The Kier molecular flexibility index (Phi) is 59.4. The summed E-state index contributed by atoms with van der Waals surface area (Å²) in [6, 6.07) is 32.7. The summed E-state index contributed by atoms with van der Waals surface area (Å²) < 4.78 is 57.4. The maximum Gasteiger partial charge on any atom is 1.00 e. The molecule has 12 aromatic heterocycles. The molecule has 14 aromatic rings. The fourth-order valence-corrected chi connectivity index (χ4v) is 10.6. The summed E-state index contributed by atoms with van der Waals surface area (Å²) in [6.45, 7) is 17.8. The molecule has 0 aliphatic heterocycles. The standard InChI is InChI=1S/C26H21N5O3.C16H15N3O3.C12H14N2O4.C12H12N2O3.C10H8N2O3.C7H13NO4.C6H4ClNO.8CH4.K.H2O/c1-15-11-20-21(12-16(15)2)28-10-8-22(20)34-19-6-7-23(29-14-19)30-25(32)24-17(3)33-26(31-24)18-5-4-9-27-13-18;1-20-14-7-11-12(8-15(14)21-2)18-6-5-13(11)22-10-3-4-16(17)19-9-10;1-3-18-12(17)10(8(2)15)14-11(16)9-5-4-6-13-7-9;1-3-16-12(15)10-8(2)17-11(14-10)9-5-4-6-13-7-9;1-6-8(10(13)14)12-9(15-6)7-3-2-4-11-5-7;1-3-11-6(9)5(8)7(10)12-4-2;7-6(9)5-2-1-3-8-4-5;;;;;;;;;;/h4-14H,1-3H3,(H,29,30,32);3-9H,1-2H3,(H2,17,19);4-7,10H,3H2,1-2H3,(H,14,16);4-7H,3H2,1-2H3;2-5H,1H3,(H,13,14);5H,3-4,8H2,1-2H3;1-4H;8*1H4;;1H2/q;;;;;;;;;;;;;;;+1;/p-1. The van der Waals surface area contributed by atoms with Crippen molar-refractivity contribution in [1.82, 2.24) is 65.1 Å². The summed E-state index contributed by atoms with van der Waals surface area (Å²) in [5.41, 5.74) is 17.8. The van der Waals surface area contributed by atoms with Gasteiger partial charge in [0.05, 0.1) is 91.9 Å². The van der Waals surface area contributed by atoms with E-state index in [2.05, 4.69) is 99.8 Å². The zero-order chi connectivity index (χ0) is 92.1. The topological polar surface area (TPSA) is 548 Å². The van der Waals surface area contributed by atoms with Gasteiger partial charge in [-0.25, -0.2) is 48.9 Å². The number of fused-ring (bicyclic) bond motifs is 2. The number of oxazole rings is 3. The Labute approximate surface area is 844 Å². The average Bonchev–Trinajstić information content (AvgIpc) is 1.57. The number of aryl methyl sites for hydroxylation is 5. The van der Waals surface area contributed by atoms with Crippen molar-refractivity contribution in [3.8, 4) is 68.9 Å². The summed E-state index contributed by atoms with van der Waals surface area (Å²) in [7, 11) is 3.18. The predicted octanol–water partition coefficient (Wildman–Crippen LogP) is 15.8. The molecule has 1 unspecified atom stereocenters. The molecule has 0 saturated heterocycles. The van der Waals surface area contributed by atoms with Crippen LogP contribution in [0.25, 0.3) is 56.2 Å². The number of hydrogen-bond acceptors (Lipinski definition) is 35. The number of esters is 4. The fraction of sp³-hybridized carbons (Fsp3) is 0.268. The predicted molar refractivity (Wildman–Crippen MR) is 518 cm³/mol. The van der Waals surface area contributed by atoms with Crippen LogP contribution < -0.4 is 92.4 Å². The summed E-state index contributed by atoms with van der Waals surface area (Å²) in [4.78, 5) is 150. The Morgan fingerprint density at radius 3 is 1.24 bits per heavy atom. The Morgan fingerprint density at radius 2 is 0.847 bits per heavy atom. The maximum absolute atomic E-state index is 12.7. The molecule has 0 fully saturated rings. The van der Waals surface area contributed by atoms with Gasteiger partial charge >= 0.3 is 81.2 Å². The van der Waals surface area contributed by atoms with Gasteiger partial charge < -0.3 is 83.8 Å². The van der Waals surface area contributed by atoms with Crippen LogP contribution in [0.2, 0.25) is 0 Å². The van der Waals surface area contributed by atoms with Gasteiger partial charge in [0, 0.05) is 91.2 Å². The molecule has 0 bridgehead atoms. The van der Waals surface area contributed by atoms with Crippen molar-refractivity contribution in [1.29, 1.82) is 0 Å². The molecular weight excluding hydrogens is 1820 g/mol. The van der Waals surface area contributed by atoms with Crippen LogP contribution in [-0.2, 0) is 38.1 Å². The summed E-state index contributed by atoms with van der Waals surface area (Å²) >= 11 is 5.12. The molecule has 728 valence electrons. The number of carbonyl (C=O) groups excluding carboxylic acids is 8. The van der Waals surface area contributed by atoms with Crippen LogP contribution >= 0.6 is 11.6 Å². The van der Waals surface area contributed by atoms with Gasteiger partial charge in [-0.3, -0.25) is 54.1 Å². The minimum Gasteiger partial charge on any atom is -0.870 e. The SMILES string of the molecule is C.C.C.C.C.C.C.C.CCOC(=O)C(N)C(=O)OCC.CCOC(=O)C(NC(=O)c1cccnc1)C(C)=O.CCOC(=O)c1nc(-c2cccnc2)oc1C.COc1cc2nccc(Oc3ccc(N)nc3)c2cc1OC.Cc1cc2nccc(Oc3ccc(NC(=O)c4nc(-c5cccnc5)oc4C)nc3)c2cc1C.Cc1oc(-c2cccnc2)nc1C(=O)O.O=C(Cl)c1cccnc1.[K+].[OH-]. The van der Waals surface area contributed by atoms with Crippen LogP contribution in [0.15, 0.2) is 221 Å². The van der Waals surface area contributed by atoms with Crippen molar-refractivity contribution in [2.24, 2.45) is 5.73 Å². The summed E-state index contributed by atoms with van der Waals surface area (Å²) in [5.74, 6) is 1.38. The number of carbonyl (C=O) groups is 9. The number of nitrogens with two attached hydrogens (primary N) is 2. The normalized spacial score (nSPS) is 9.72. The number of pyridine rings is 9. The van der Waals surface area contributed by atoms with E-state index in [0.717, 1.165) is 32.9 Å². The quantitative estimate of drug-likeness (QED) is 0.0123. The number of aromatic carboxylic acids is 1. The fourth-order valence-electron chi connectivity index (χ4n) is 10.5. The van der Waals surface area contributed by atoms with Gasteiger partial charge in [0.2, 0.25) is 23.7 Å². The number of hydrogen-bond donors (Lipinski definition) is 5. The maximum atomic E-state index is 12.7. The van der Waals surface area contributed by atoms with E-state index in [4.69, 9.17) is 69.8 Å². The van der Waals surface area contributed by atoms with Crippen molar-refractivity contribution in [3.05, 3.63) is 265 Å². The van der Waals surface area contributed by atoms with Gasteiger partial charge in [-0.1, -0.05) is 59.4 Å². The molecule has 38 nitrogen and oxygen atoms in total. The summed E-state index contributed by atoms with van der Waals surface area (Å²) in [6.07, 6.45) is 22.2. The first-order valence-electron chi connectivity index (χ1n) is 38.4. The van der Waals surface area contributed by atoms with Gasteiger partial charge in [0.15, 0.2) is 40.4 Å². The number of Topliss-reactive ketones (excluding diaryl/α,β-unsaturated/α-hetero) is 1. The number of amides is 2. The molecule has 0 aliphatic rings. The number of carboxylic acid groups (broad SMARTS) is 1. The molecule has 14 rings (SSSR count). The number of nitrogens with zero attached hydrogens (tertiary/aromatic N) is 12. The molecule has 0 aliphatic carbocycles. The second-order valence-electron chi connectivity index (χ2n) is 25.8. The van der Waals surface area contributed by atoms with E-state index in [1.807, 2.05) is 36.4 Å². The first-order valence-corrected chi connectivity index (χ1v) is 38.8. The number of nitrogen functional groups attached to an aromatic ring is 1. The number of benzene rings is 2.